The molecule has 1 heterocycles. The van der Waals surface area contributed by atoms with Crippen LogP contribution in [0.2, 0.25) is 0 Å². The second kappa shape index (κ2) is 6.66. The molecule has 5 heteroatoms. The van der Waals surface area contributed by atoms with Gasteiger partial charge in [-0.2, -0.15) is 8.78 Å². The minimum Gasteiger partial charge on any atom is -0.435 e. The molecule has 1 aliphatic heterocycles. The highest BCUT2D eigenvalue weighted by Crippen LogP contribution is 2.16. The normalized spacial score (nSPS) is 19.4. The third-order valence-electron chi connectivity index (χ3n) is 2.85. The standard InChI is InChI=1S/C13H17F2NO2/c14-13(15)18-11-4-1-3-10(7-11)8-16-9-12-5-2-6-17-12/h1,3-4,7,12-13,16H,2,5-6,8-9H2/t12-/m0/s1. The first-order chi connectivity index (χ1) is 8.74. The van der Waals surface area contributed by atoms with E-state index in [0.29, 0.717) is 6.54 Å². The summed E-state index contributed by atoms with van der Waals surface area (Å²) < 4.78 is 33.9. The Bertz CT molecular complexity index is 368. The second-order valence-corrected chi connectivity index (χ2v) is 4.29. The van der Waals surface area contributed by atoms with E-state index in [2.05, 4.69) is 10.1 Å². The van der Waals surface area contributed by atoms with Crippen LogP contribution in [0.4, 0.5) is 8.78 Å². The lowest BCUT2D eigenvalue weighted by Crippen LogP contribution is -2.25. The largest absolute Gasteiger partial charge is 0.435 e. The number of hydrogen-bond donors (Lipinski definition) is 1. The Morgan fingerprint density at radius 3 is 3.06 bits per heavy atom. The van der Waals surface area contributed by atoms with Crippen LogP contribution in [-0.2, 0) is 11.3 Å². The van der Waals surface area contributed by atoms with Crippen molar-refractivity contribution in [3.63, 3.8) is 0 Å². The fraction of sp³-hybridized carbons (Fsp3) is 0.538. The van der Waals surface area contributed by atoms with Crippen molar-refractivity contribution in [1.29, 1.82) is 0 Å². The Kier molecular flexibility index (Phi) is 4.90. The molecule has 2 rings (SSSR count). The molecule has 1 aromatic carbocycles. The first kappa shape index (κ1) is 13.2. The summed E-state index contributed by atoms with van der Waals surface area (Å²) in [7, 11) is 0. The molecule has 0 amide bonds. The molecule has 1 N–H and O–H groups in total. The molecular formula is C13H17F2NO2. The van der Waals surface area contributed by atoms with Crippen LogP contribution in [0.15, 0.2) is 24.3 Å². The molecule has 0 bridgehead atoms. The van der Waals surface area contributed by atoms with Crippen molar-refractivity contribution >= 4 is 0 Å². The number of ether oxygens (including phenoxy) is 2. The lowest BCUT2D eigenvalue weighted by molar-refractivity contribution is -0.0498. The van der Waals surface area contributed by atoms with Crippen LogP contribution < -0.4 is 10.1 Å². The van der Waals surface area contributed by atoms with Gasteiger partial charge in [0.25, 0.3) is 0 Å². The fourth-order valence-corrected chi connectivity index (χ4v) is 2.01. The zero-order valence-electron chi connectivity index (χ0n) is 10.1. The van der Waals surface area contributed by atoms with E-state index in [4.69, 9.17) is 4.74 Å². The van der Waals surface area contributed by atoms with Gasteiger partial charge in [-0.1, -0.05) is 12.1 Å². The van der Waals surface area contributed by atoms with Gasteiger partial charge in [0.15, 0.2) is 0 Å². The predicted molar refractivity (Wildman–Crippen MR) is 63.8 cm³/mol. The number of hydrogen-bond acceptors (Lipinski definition) is 3. The Morgan fingerprint density at radius 1 is 1.44 bits per heavy atom. The summed E-state index contributed by atoms with van der Waals surface area (Å²) in [4.78, 5) is 0. The molecule has 1 aromatic rings. The molecule has 0 saturated carbocycles. The number of nitrogens with one attached hydrogen (secondary N) is 1. The molecule has 1 atom stereocenters. The van der Waals surface area contributed by atoms with Gasteiger partial charge in [-0.25, -0.2) is 0 Å². The first-order valence-electron chi connectivity index (χ1n) is 6.10. The predicted octanol–water partition coefficient (Wildman–Crippen LogP) is 2.56. The minimum absolute atomic E-state index is 0.196. The molecule has 0 aliphatic carbocycles. The number of rotatable bonds is 6. The van der Waals surface area contributed by atoms with Gasteiger partial charge >= 0.3 is 6.61 Å². The van der Waals surface area contributed by atoms with E-state index in [9.17, 15) is 8.78 Å². The van der Waals surface area contributed by atoms with Crippen molar-refractivity contribution in [2.45, 2.75) is 32.1 Å². The molecule has 1 saturated heterocycles. The Morgan fingerprint density at radius 2 is 2.33 bits per heavy atom. The van der Waals surface area contributed by atoms with Crippen molar-refractivity contribution in [1.82, 2.24) is 5.32 Å². The molecule has 100 valence electrons. The van der Waals surface area contributed by atoms with Gasteiger partial charge in [0.1, 0.15) is 5.75 Å². The summed E-state index contributed by atoms with van der Waals surface area (Å²) in [5.74, 6) is 0.196. The van der Waals surface area contributed by atoms with Crippen LogP contribution in [0, 0.1) is 0 Å². The fourth-order valence-electron chi connectivity index (χ4n) is 2.01. The summed E-state index contributed by atoms with van der Waals surface area (Å²) in [6, 6.07) is 6.73. The van der Waals surface area contributed by atoms with Crippen LogP contribution in [0.1, 0.15) is 18.4 Å². The van der Waals surface area contributed by atoms with Crippen LogP contribution in [0.3, 0.4) is 0 Å². The van der Waals surface area contributed by atoms with Crippen LogP contribution in [-0.4, -0.2) is 25.9 Å². The van der Waals surface area contributed by atoms with Crippen LogP contribution >= 0.6 is 0 Å². The van der Waals surface area contributed by atoms with Gasteiger partial charge < -0.3 is 14.8 Å². The molecule has 0 spiro atoms. The maximum atomic E-state index is 12.1. The summed E-state index contributed by atoms with van der Waals surface area (Å²) in [6.07, 6.45) is 2.48. The van der Waals surface area contributed by atoms with Gasteiger partial charge in [0.2, 0.25) is 0 Å². The van der Waals surface area contributed by atoms with Gasteiger partial charge in [0.05, 0.1) is 6.10 Å². The number of halogens is 2. The van der Waals surface area contributed by atoms with Gasteiger partial charge in [-0.15, -0.1) is 0 Å². The van der Waals surface area contributed by atoms with Crippen molar-refractivity contribution in [2.75, 3.05) is 13.2 Å². The highest BCUT2D eigenvalue weighted by molar-refractivity contribution is 5.28. The molecule has 0 aromatic heterocycles. The number of benzene rings is 1. The lowest BCUT2D eigenvalue weighted by Gasteiger charge is -2.11. The molecular weight excluding hydrogens is 240 g/mol. The zero-order valence-corrected chi connectivity index (χ0v) is 10.1. The average molecular weight is 257 g/mol. The van der Waals surface area contributed by atoms with Crippen molar-refractivity contribution in [2.24, 2.45) is 0 Å². The molecule has 1 aliphatic rings. The molecule has 1 fully saturated rings. The molecule has 0 unspecified atom stereocenters. The maximum Gasteiger partial charge on any atom is 0.387 e. The SMILES string of the molecule is FC(F)Oc1cccc(CNC[C@@H]2CCCO2)c1. The highest BCUT2D eigenvalue weighted by atomic mass is 19.3. The summed E-state index contributed by atoms with van der Waals surface area (Å²) in [5, 5.41) is 3.26. The first-order valence-corrected chi connectivity index (χ1v) is 6.10. The average Bonchev–Trinajstić information content (AvgIpc) is 2.82. The Labute approximate surface area is 105 Å². The second-order valence-electron chi connectivity index (χ2n) is 4.29. The summed E-state index contributed by atoms with van der Waals surface area (Å²) >= 11 is 0. The van der Waals surface area contributed by atoms with E-state index >= 15 is 0 Å². The Hall–Kier alpha value is -1.20. The quantitative estimate of drug-likeness (QED) is 0.849. The van der Waals surface area contributed by atoms with E-state index < -0.39 is 6.61 Å². The monoisotopic (exact) mass is 257 g/mol. The van der Waals surface area contributed by atoms with E-state index in [1.807, 2.05) is 6.07 Å². The van der Waals surface area contributed by atoms with E-state index in [-0.39, 0.29) is 11.9 Å². The molecule has 3 nitrogen and oxygen atoms in total. The third-order valence-corrected chi connectivity index (χ3v) is 2.85. The summed E-state index contributed by atoms with van der Waals surface area (Å²) in [6.45, 7) is -0.523. The van der Waals surface area contributed by atoms with Crippen molar-refractivity contribution in [3.8, 4) is 5.75 Å². The van der Waals surface area contributed by atoms with Crippen molar-refractivity contribution in [3.05, 3.63) is 29.8 Å². The van der Waals surface area contributed by atoms with Gasteiger partial charge in [-0.3, -0.25) is 0 Å². The maximum absolute atomic E-state index is 12.1. The van der Waals surface area contributed by atoms with Crippen molar-refractivity contribution < 1.29 is 18.3 Å². The van der Waals surface area contributed by atoms with Gasteiger partial charge in [0, 0.05) is 19.7 Å². The van der Waals surface area contributed by atoms with Gasteiger partial charge in [-0.05, 0) is 30.5 Å². The lowest BCUT2D eigenvalue weighted by atomic mass is 10.2. The minimum atomic E-state index is -2.78. The van der Waals surface area contributed by atoms with E-state index in [1.165, 1.54) is 6.07 Å². The highest BCUT2D eigenvalue weighted by Gasteiger charge is 2.14. The van der Waals surface area contributed by atoms with E-state index in [1.54, 1.807) is 12.1 Å². The van der Waals surface area contributed by atoms with Crippen LogP contribution in [0.25, 0.3) is 0 Å². The number of alkyl halides is 2. The Balaban J connectivity index is 1.77. The van der Waals surface area contributed by atoms with E-state index in [0.717, 1.165) is 31.6 Å². The smallest absolute Gasteiger partial charge is 0.387 e. The topological polar surface area (TPSA) is 30.5 Å². The van der Waals surface area contributed by atoms with Crippen LogP contribution in [0.5, 0.6) is 5.75 Å². The summed E-state index contributed by atoms with van der Waals surface area (Å²) in [5.41, 5.74) is 0.922. The zero-order chi connectivity index (χ0) is 12.8. The third kappa shape index (κ3) is 4.23. The molecule has 18 heavy (non-hydrogen) atoms. The molecule has 0 radical (unpaired) electrons.